The summed E-state index contributed by atoms with van der Waals surface area (Å²) in [7, 11) is 0. The van der Waals surface area contributed by atoms with E-state index in [4.69, 9.17) is 5.73 Å². The van der Waals surface area contributed by atoms with Gasteiger partial charge >= 0.3 is 6.03 Å². The number of benzene rings is 1. The Morgan fingerprint density at radius 3 is 2.67 bits per heavy atom. The highest BCUT2D eigenvalue weighted by Gasteiger charge is 2.30. The van der Waals surface area contributed by atoms with Gasteiger partial charge in [0.2, 0.25) is 0 Å². The van der Waals surface area contributed by atoms with E-state index in [0.717, 1.165) is 11.0 Å². The van der Waals surface area contributed by atoms with Crippen LogP contribution in [0.15, 0.2) is 18.2 Å². The van der Waals surface area contributed by atoms with Crippen LogP contribution in [0.4, 0.5) is 20.6 Å². The lowest BCUT2D eigenvalue weighted by Crippen LogP contribution is -2.30. The number of nitrogen functional groups attached to an aromatic ring is 1. The highest BCUT2D eigenvalue weighted by molar-refractivity contribution is 6.19. The molecule has 0 aliphatic carbocycles. The largest absolute Gasteiger partial charge is 0.396 e. The van der Waals surface area contributed by atoms with Crippen molar-refractivity contribution in [1.29, 1.82) is 0 Å². The Labute approximate surface area is 84.7 Å². The summed E-state index contributed by atoms with van der Waals surface area (Å²) in [4.78, 5) is 23.5. The first-order valence-electron chi connectivity index (χ1n) is 4.25. The molecule has 5 nitrogen and oxygen atoms in total. The van der Waals surface area contributed by atoms with Gasteiger partial charge < -0.3 is 11.1 Å². The topological polar surface area (TPSA) is 75.4 Å². The number of carbonyl (C=O) groups excluding carboxylic acids is 2. The molecule has 78 valence electrons. The van der Waals surface area contributed by atoms with E-state index in [1.54, 1.807) is 0 Å². The number of hydrogen-bond donors (Lipinski definition) is 2. The Hall–Kier alpha value is -2.11. The molecule has 0 unspecified atom stereocenters. The number of nitrogens with zero attached hydrogens (tertiary/aromatic N) is 1. The molecule has 1 aliphatic heterocycles. The van der Waals surface area contributed by atoms with Crippen molar-refractivity contribution in [1.82, 2.24) is 5.32 Å². The maximum atomic E-state index is 12.9. The van der Waals surface area contributed by atoms with Crippen molar-refractivity contribution in [2.45, 2.75) is 0 Å². The van der Waals surface area contributed by atoms with Crippen molar-refractivity contribution in [3.05, 3.63) is 24.0 Å². The molecule has 2 rings (SSSR count). The summed E-state index contributed by atoms with van der Waals surface area (Å²) in [6.45, 7) is -0.0455. The van der Waals surface area contributed by atoms with Gasteiger partial charge in [0, 0.05) is 0 Å². The molecule has 6 heteroatoms. The maximum absolute atomic E-state index is 12.9. The zero-order valence-electron chi connectivity index (χ0n) is 7.66. The molecule has 0 aromatic heterocycles. The minimum absolute atomic E-state index is 0.0455. The van der Waals surface area contributed by atoms with Crippen molar-refractivity contribution >= 4 is 23.3 Å². The summed E-state index contributed by atoms with van der Waals surface area (Å²) >= 11 is 0. The van der Waals surface area contributed by atoms with Crippen molar-refractivity contribution in [3.63, 3.8) is 0 Å². The fraction of sp³-hybridized carbons (Fsp3) is 0.111. The minimum Gasteiger partial charge on any atom is -0.396 e. The molecule has 0 bridgehead atoms. The Kier molecular flexibility index (Phi) is 2.03. The van der Waals surface area contributed by atoms with E-state index >= 15 is 0 Å². The highest BCUT2D eigenvalue weighted by Crippen LogP contribution is 2.22. The van der Waals surface area contributed by atoms with Crippen molar-refractivity contribution in [2.75, 3.05) is 17.2 Å². The van der Waals surface area contributed by atoms with Crippen LogP contribution in [0.25, 0.3) is 0 Å². The number of anilines is 2. The SMILES string of the molecule is Nc1cc(N2C(=O)CNC2=O)ccc1F. The standard InChI is InChI=1S/C9H8FN3O2/c10-6-2-1-5(3-7(6)11)13-8(14)4-12-9(13)15/h1-3H,4,11H2,(H,12,15). The predicted octanol–water partition coefficient (Wildman–Crippen LogP) is 0.464. The molecule has 0 saturated carbocycles. The van der Waals surface area contributed by atoms with Crippen LogP contribution in [0.3, 0.4) is 0 Å². The Morgan fingerprint density at radius 2 is 2.13 bits per heavy atom. The predicted molar refractivity (Wildman–Crippen MR) is 51.7 cm³/mol. The lowest BCUT2D eigenvalue weighted by molar-refractivity contribution is -0.115. The summed E-state index contributed by atoms with van der Waals surface area (Å²) in [5, 5.41) is 2.35. The third kappa shape index (κ3) is 1.50. The van der Waals surface area contributed by atoms with Gasteiger partial charge in [-0.05, 0) is 18.2 Å². The van der Waals surface area contributed by atoms with Crippen LogP contribution in [0.1, 0.15) is 0 Å². The Morgan fingerprint density at radius 1 is 1.40 bits per heavy atom. The quantitative estimate of drug-likeness (QED) is 0.521. The van der Waals surface area contributed by atoms with Crippen LogP contribution >= 0.6 is 0 Å². The van der Waals surface area contributed by atoms with E-state index in [1.807, 2.05) is 0 Å². The summed E-state index contributed by atoms with van der Waals surface area (Å²) < 4.78 is 12.9. The third-order valence-electron chi connectivity index (χ3n) is 2.08. The molecule has 1 aromatic carbocycles. The van der Waals surface area contributed by atoms with Crippen molar-refractivity contribution < 1.29 is 14.0 Å². The monoisotopic (exact) mass is 209 g/mol. The highest BCUT2D eigenvalue weighted by atomic mass is 19.1. The van der Waals surface area contributed by atoms with Gasteiger partial charge in [-0.1, -0.05) is 0 Å². The number of nitrogens with one attached hydrogen (secondary N) is 1. The zero-order chi connectivity index (χ0) is 11.0. The smallest absolute Gasteiger partial charge is 0.329 e. The second-order valence-corrected chi connectivity index (χ2v) is 3.09. The minimum atomic E-state index is -0.578. The lowest BCUT2D eigenvalue weighted by Gasteiger charge is -2.12. The average molecular weight is 209 g/mol. The second kappa shape index (κ2) is 3.23. The first kappa shape index (κ1) is 9.45. The second-order valence-electron chi connectivity index (χ2n) is 3.09. The van der Waals surface area contributed by atoms with Crippen molar-refractivity contribution in [2.24, 2.45) is 0 Å². The number of hydrogen-bond acceptors (Lipinski definition) is 3. The summed E-state index contributed by atoms with van der Waals surface area (Å²) in [6.07, 6.45) is 0. The molecule has 15 heavy (non-hydrogen) atoms. The fourth-order valence-electron chi connectivity index (χ4n) is 1.35. The van der Waals surface area contributed by atoms with E-state index in [1.165, 1.54) is 12.1 Å². The Bertz CT molecular complexity index is 431. The summed E-state index contributed by atoms with van der Waals surface area (Å²) in [5.74, 6) is -0.961. The third-order valence-corrected chi connectivity index (χ3v) is 2.08. The molecule has 0 spiro atoms. The van der Waals surface area contributed by atoms with Crippen LogP contribution in [-0.4, -0.2) is 18.5 Å². The van der Waals surface area contributed by atoms with Crippen molar-refractivity contribution in [3.8, 4) is 0 Å². The van der Waals surface area contributed by atoms with Gasteiger partial charge in [-0.2, -0.15) is 0 Å². The van der Waals surface area contributed by atoms with Crippen LogP contribution in [0.5, 0.6) is 0 Å². The van der Waals surface area contributed by atoms with E-state index < -0.39 is 11.8 Å². The molecular formula is C9H8FN3O2. The maximum Gasteiger partial charge on any atom is 0.329 e. The van der Waals surface area contributed by atoms with Gasteiger partial charge in [0.1, 0.15) is 5.82 Å². The van der Waals surface area contributed by atoms with E-state index in [2.05, 4.69) is 5.32 Å². The van der Waals surface area contributed by atoms with Gasteiger partial charge in [-0.15, -0.1) is 0 Å². The van der Waals surface area contributed by atoms with Crippen LogP contribution in [0.2, 0.25) is 0 Å². The van der Waals surface area contributed by atoms with E-state index in [-0.39, 0.29) is 23.8 Å². The van der Waals surface area contributed by atoms with Gasteiger partial charge in [-0.25, -0.2) is 14.1 Å². The van der Waals surface area contributed by atoms with Gasteiger partial charge in [0.05, 0.1) is 17.9 Å². The zero-order valence-corrected chi connectivity index (χ0v) is 7.66. The summed E-state index contributed by atoms with van der Waals surface area (Å²) in [5.41, 5.74) is 5.51. The lowest BCUT2D eigenvalue weighted by atomic mass is 10.2. The number of carbonyl (C=O) groups is 2. The van der Waals surface area contributed by atoms with Crippen LogP contribution in [-0.2, 0) is 4.79 Å². The van der Waals surface area contributed by atoms with Gasteiger partial charge in [0.15, 0.2) is 0 Å². The molecule has 1 fully saturated rings. The summed E-state index contributed by atoms with van der Waals surface area (Å²) in [6, 6.07) is 3.17. The van der Waals surface area contributed by atoms with E-state index in [9.17, 15) is 14.0 Å². The number of imide groups is 1. The number of rotatable bonds is 1. The van der Waals surface area contributed by atoms with Crippen LogP contribution in [0, 0.1) is 5.82 Å². The van der Waals surface area contributed by atoms with E-state index in [0.29, 0.717) is 0 Å². The fourth-order valence-corrected chi connectivity index (χ4v) is 1.35. The molecule has 1 heterocycles. The molecule has 0 radical (unpaired) electrons. The molecule has 1 aromatic rings. The molecule has 1 aliphatic rings. The molecule has 3 amide bonds. The number of halogens is 1. The van der Waals surface area contributed by atoms with Gasteiger partial charge in [-0.3, -0.25) is 4.79 Å². The van der Waals surface area contributed by atoms with Gasteiger partial charge in [0.25, 0.3) is 5.91 Å². The molecule has 3 N–H and O–H groups in total. The first-order valence-corrected chi connectivity index (χ1v) is 4.25. The average Bonchev–Trinajstić information content (AvgIpc) is 2.52. The normalized spacial score (nSPS) is 15.7. The molecule has 0 atom stereocenters. The Balaban J connectivity index is 2.41. The van der Waals surface area contributed by atoms with Crippen LogP contribution < -0.4 is 16.0 Å². The first-order chi connectivity index (χ1) is 7.09. The molecule has 1 saturated heterocycles. The number of amides is 3. The number of nitrogens with two attached hydrogens (primary N) is 1. The molecular weight excluding hydrogens is 201 g/mol. The number of urea groups is 1.